The molecule has 1 aliphatic heterocycles. The molecule has 2 rings (SSSR count). The minimum Gasteiger partial charge on any atom is -0.508 e. The van der Waals surface area contributed by atoms with Crippen LogP contribution in [0, 0.1) is 0 Å². The number of phenolic OH excluding ortho intramolecular Hbond substituents is 1. The van der Waals surface area contributed by atoms with Gasteiger partial charge in [0.15, 0.2) is 0 Å². The van der Waals surface area contributed by atoms with Crippen LogP contribution in [-0.2, 0) is 0 Å². The summed E-state index contributed by atoms with van der Waals surface area (Å²) in [4.78, 5) is 0. The Morgan fingerprint density at radius 3 is 3.08 bits per heavy atom. The normalized spacial score (nSPS) is 21.5. The van der Waals surface area contributed by atoms with E-state index in [1.165, 1.54) is 0 Å². The molecule has 1 aromatic rings. The number of hydrogen-bond acceptors (Lipinski definition) is 3. The average molecular weight is 179 g/mol. The van der Waals surface area contributed by atoms with Gasteiger partial charge in [0.05, 0.1) is 6.10 Å². The maximum atomic E-state index is 9.71. The van der Waals surface area contributed by atoms with Crippen LogP contribution in [0.4, 0.5) is 5.69 Å². The van der Waals surface area contributed by atoms with Crippen LogP contribution >= 0.6 is 0 Å². The lowest BCUT2D eigenvalue weighted by atomic mass is 10.0. The molecule has 1 atom stereocenters. The highest BCUT2D eigenvalue weighted by atomic mass is 16.3. The molecule has 1 unspecified atom stereocenters. The van der Waals surface area contributed by atoms with E-state index < -0.39 is 6.10 Å². The van der Waals surface area contributed by atoms with Crippen molar-refractivity contribution in [3.63, 3.8) is 0 Å². The Kier molecular flexibility index (Phi) is 2.10. The first-order chi connectivity index (χ1) is 6.27. The highest BCUT2D eigenvalue weighted by Gasteiger charge is 2.15. The summed E-state index contributed by atoms with van der Waals surface area (Å²) in [5.41, 5.74) is 1.74. The van der Waals surface area contributed by atoms with Crippen LogP contribution in [0.2, 0.25) is 0 Å². The fourth-order valence-corrected chi connectivity index (χ4v) is 1.66. The first-order valence-corrected chi connectivity index (χ1v) is 4.52. The van der Waals surface area contributed by atoms with Crippen molar-refractivity contribution in [2.24, 2.45) is 0 Å². The third kappa shape index (κ3) is 1.60. The summed E-state index contributed by atoms with van der Waals surface area (Å²) in [6.45, 7) is 0.884. The van der Waals surface area contributed by atoms with E-state index in [-0.39, 0.29) is 5.75 Å². The lowest BCUT2D eigenvalue weighted by Gasteiger charge is -2.11. The van der Waals surface area contributed by atoms with Gasteiger partial charge in [-0.1, -0.05) is 0 Å². The third-order valence-electron chi connectivity index (χ3n) is 2.36. The summed E-state index contributed by atoms with van der Waals surface area (Å²) in [7, 11) is 0. The molecule has 70 valence electrons. The van der Waals surface area contributed by atoms with Gasteiger partial charge in [0.2, 0.25) is 0 Å². The molecule has 1 heterocycles. The van der Waals surface area contributed by atoms with Crippen molar-refractivity contribution in [2.75, 3.05) is 11.9 Å². The van der Waals surface area contributed by atoms with E-state index in [1.54, 1.807) is 18.2 Å². The van der Waals surface area contributed by atoms with Crippen molar-refractivity contribution in [3.05, 3.63) is 23.8 Å². The van der Waals surface area contributed by atoms with Crippen molar-refractivity contribution in [2.45, 2.75) is 18.9 Å². The Bertz CT molecular complexity index is 312. The molecule has 0 amide bonds. The molecule has 0 bridgehead atoms. The molecule has 3 nitrogen and oxygen atoms in total. The molecule has 0 saturated heterocycles. The van der Waals surface area contributed by atoms with Crippen LogP contribution in [0.1, 0.15) is 24.5 Å². The predicted molar refractivity (Wildman–Crippen MR) is 50.8 cm³/mol. The van der Waals surface area contributed by atoms with E-state index in [9.17, 15) is 10.2 Å². The zero-order chi connectivity index (χ0) is 9.26. The second-order valence-corrected chi connectivity index (χ2v) is 3.36. The number of phenols is 1. The second kappa shape index (κ2) is 3.26. The molecule has 3 heteroatoms. The maximum absolute atomic E-state index is 9.71. The summed E-state index contributed by atoms with van der Waals surface area (Å²) in [6, 6.07) is 5.06. The van der Waals surface area contributed by atoms with Gasteiger partial charge in [-0.25, -0.2) is 0 Å². The number of fused-ring (bicyclic) bond motifs is 1. The number of nitrogens with one attached hydrogen (secondary N) is 1. The Morgan fingerprint density at radius 1 is 1.38 bits per heavy atom. The van der Waals surface area contributed by atoms with Crippen LogP contribution in [0.15, 0.2) is 18.2 Å². The molecule has 0 aliphatic carbocycles. The SMILES string of the molecule is Oc1ccc2c(c1)C(O)CCCN2. The number of aromatic hydroxyl groups is 1. The van der Waals surface area contributed by atoms with Gasteiger partial charge >= 0.3 is 0 Å². The standard InChI is InChI=1S/C10H13NO2/c12-7-3-4-9-8(6-7)10(13)2-1-5-11-9/h3-4,6,10-13H,1-2,5H2. The summed E-state index contributed by atoms with van der Waals surface area (Å²) >= 11 is 0. The molecule has 0 fully saturated rings. The molecule has 1 aromatic carbocycles. The highest BCUT2D eigenvalue weighted by Crippen LogP contribution is 2.31. The van der Waals surface area contributed by atoms with Gasteiger partial charge in [-0.3, -0.25) is 0 Å². The molecule has 13 heavy (non-hydrogen) atoms. The second-order valence-electron chi connectivity index (χ2n) is 3.36. The molecule has 1 aliphatic rings. The van der Waals surface area contributed by atoms with Gasteiger partial charge in [0.1, 0.15) is 5.75 Å². The summed E-state index contributed by atoms with van der Waals surface area (Å²) in [5.74, 6) is 0.210. The number of aliphatic hydroxyl groups is 1. The predicted octanol–water partition coefficient (Wildman–Crippen LogP) is 1.63. The van der Waals surface area contributed by atoms with Gasteiger partial charge in [-0.15, -0.1) is 0 Å². The Morgan fingerprint density at radius 2 is 2.23 bits per heavy atom. The van der Waals surface area contributed by atoms with E-state index in [0.717, 1.165) is 30.6 Å². The van der Waals surface area contributed by atoms with Crippen molar-refractivity contribution in [3.8, 4) is 5.75 Å². The van der Waals surface area contributed by atoms with Crippen LogP contribution < -0.4 is 5.32 Å². The van der Waals surface area contributed by atoms with E-state index in [2.05, 4.69) is 5.32 Å². The number of anilines is 1. The van der Waals surface area contributed by atoms with Crippen LogP contribution in [0.25, 0.3) is 0 Å². The first kappa shape index (κ1) is 8.38. The topological polar surface area (TPSA) is 52.5 Å². The fraction of sp³-hybridized carbons (Fsp3) is 0.400. The lowest BCUT2D eigenvalue weighted by Crippen LogP contribution is -1.99. The minimum absolute atomic E-state index is 0.210. The lowest BCUT2D eigenvalue weighted by molar-refractivity contribution is 0.168. The quantitative estimate of drug-likeness (QED) is 0.530. The Hall–Kier alpha value is -1.22. The largest absolute Gasteiger partial charge is 0.508 e. The fourth-order valence-electron chi connectivity index (χ4n) is 1.66. The third-order valence-corrected chi connectivity index (χ3v) is 2.36. The van der Waals surface area contributed by atoms with Crippen LogP contribution in [-0.4, -0.2) is 16.8 Å². The van der Waals surface area contributed by atoms with Crippen molar-refractivity contribution < 1.29 is 10.2 Å². The minimum atomic E-state index is -0.447. The van der Waals surface area contributed by atoms with E-state index >= 15 is 0 Å². The molecule has 0 spiro atoms. The van der Waals surface area contributed by atoms with Crippen molar-refractivity contribution in [1.82, 2.24) is 0 Å². The van der Waals surface area contributed by atoms with E-state index in [1.807, 2.05) is 0 Å². The van der Waals surface area contributed by atoms with Crippen LogP contribution in [0.3, 0.4) is 0 Å². The number of benzene rings is 1. The van der Waals surface area contributed by atoms with Gasteiger partial charge < -0.3 is 15.5 Å². The number of rotatable bonds is 0. The highest BCUT2D eigenvalue weighted by molar-refractivity contribution is 5.55. The zero-order valence-electron chi connectivity index (χ0n) is 7.33. The Balaban J connectivity index is 2.43. The first-order valence-electron chi connectivity index (χ1n) is 4.52. The van der Waals surface area contributed by atoms with Crippen molar-refractivity contribution >= 4 is 5.69 Å². The van der Waals surface area contributed by atoms with E-state index in [0.29, 0.717) is 0 Å². The van der Waals surface area contributed by atoms with Crippen LogP contribution in [0.5, 0.6) is 5.75 Å². The molecule has 0 saturated carbocycles. The number of hydrogen-bond donors (Lipinski definition) is 3. The smallest absolute Gasteiger partial charge is 0.116 e. The maximum Gasteiger partial charge on any atom is 0.116 e. The van der Waals surface area contributed by atoms with Crippen molar-refractivity contribution in [1.29, 1.82) is 0 Å². The van der Waals surface area contributed by atoms with Gasteiger partial charge in [0.25, 0.3) is 0 Å². The summed E-state index contributed by atoms with van der Waals surface area (Å²) in [5, 5.41) is 22.2. The van der Waals surface area contributed by atoms with Gasteiger partial charge in [-0.05, 0) is 31.0 Å². The number of aliphatic hydroxyl groups excluding tert-OH is 1. The van der Waals surface area contributed by atoms with Gasteiger partial charge in [0, 0.05) is 17.8 Å². The Labute approximate surface area is 77.0 Å². The molecular formula is C10H13NO2. The molecule has 0 aromatic heterocycles. The molecular weight excluding hydrogens is 166 g/mol. The summed E-state index contributed by atoms with van der Waals surface area (Å²) < 4.78 is 0. The molecule has 0 radical (unpaired) electrons. The van der Waals surface area contributed by atoms with E-state index in [4.69, 9.17) is 0 Å². The average Bonchev–Trinajstić information content (AvgIpc) is 2.29. The van der Waals surface area contributed by atoms with Gasteiger partial charge in [-0.2, -0.15) is 0 Å². The summed E-state index contributed by atoms with van der Waals surface area (Å²) in [6.07, 6.45) is 1.26. The molecule has 3 N–H and O–H groups in total. The monoisotopic (exact) mass is 179 g/mol. The zero-order valence-corrected chi connectivity index (χ0v) is 7.33.